The van der Waals surface area contributed by atoms with Crippen LogP contribution in [0.2, 0.25) is 0 Å². The molecule has 0 aliphatic carbocycles. The number of hydrogen-bond acceptors (Lipinski definition) is 5. The molecule has 0 aliphatic heterocycles. The van der Waals surface area contributed by atoms with Gasteiger partial charge in [-0.25, -0.2) is 15.8 Å². The van der Waals surface area contributed by atoms with Crippen molar-refractivity contribution in [2.75, 3.05) is 17.3 Å². The minimum Gasteiger partial charge on any atom is -0.369 e. The molecule has 0 spiro atoms. The first-order valence-corrected chi connectivity index (χ1v) is 7.19. The van der Waals surface area contributed by atoms with E-state index in [0.29, 0.717) is 11.6 Å². The molecular formula is C16H23N5. The zero-order valence-corrected chi connectivity index (χ0v) is 12.9. The maximum absolute atomic E-state index is 5.51. The van der Waals surface area contributed by atoms with Crippen molar-refractivity contribution < 1.29 is 0 Å². The lowest BCUT2D eigenvalue weighted by Crippen LogP contribution is -2.22. The highest BCUT2D eigenvalue weighted by molar-refractivity contribution is 5.60. The van der Waals surface area contributed by atoms with E-state index in [1.165, 1.54) is 0 Å². The lowest BCUT2D eigenvalue weighted by atomic mass is 9.90. The van der Waals surface area contributed by atoms with E-state index in [1.54, 1.807) is 0 Å². The first-order valence-electron chi connectivity index (χ1n) is 7.19. The Balaban J connectivity index is 2.26. The van der Waals surface area contributed by atoms with E-state index in [2.05, 4.69) is 41.5 Å². The predicted octanol–water partition coefficient (Wildman–Crippen LogP) is 3.28. The molecule has 4 N–H and O–H groups in total. The van der Waals surface area contributed by atoms with Gasteiger partial charge in [0, 0.05) is 18.2 Å². The second kappa shape index (κ2) is 6.54. The molecule has 21 heavy (non-hydrogen) atoms. The second-order valence-electron chi connectivity index (χ2n) is 5.84. The molecule has 0 aliphatic rings. The molecule has 0 bridgehead atoms. The standard InChI is InChI=1S/C16H23N5/c1-4-16(2,3)11-18-13-10-14(21-17)20-15(19-13)12-8-6-5-7-9-12/h5-10H,4,11,17H2,1-3H3,(H2,18,19,20,21). The summed E-state index contributed by atoms with van der Waals surface area (Å²) < 4.78 is 0. The van der Waals surface area contributed by atoms with Crippen LogP contribution in [-0.4, -0.2) is 16.5 Å². The van der Waals surface area contributed by atoms with Crippen LogP contribution in [0, 0.1) is 5.41 Å². The fourth-order valence-corrected chi connectivity index (χ4v) is 1.78. The number of nitrogens with one attached hydrogen (secondary N) is 2. The lowest BCUT2D eigenvalue weighted by molar-refractivity contribution is 0.376. The Kier molecular flexibility index (Phi) is 4.75. The van der Waals surface area contributed by atoms with Crippen LogP contribution in [0.15, 0.2) is 36.4 Å². The van der Waals surface area contributed by atoms with Gasteiger partial charge in [0.1, 0.15) is 11.6 Å². The molecule has 1 heterocycles. The molecule has 2 aromatic rings. The number of anilines is 2. The van der Waals surface area contributed by atoms with Crippen molar-refractivity contribution in [1.29, 1.82) is 0 Å². The summed E-state index contributed by atoms with van der Waals surface area (Å²) in [6, 6.07) is 11.7. The van der Waals surface area contributed by atoms with Gasteiger partial charge >= 0.3 is 0 Å². The van der Waals surface area contributed by atoms with E-state index in [9.17, 15) is 0 Å². The first-order chi connectivity index (χ1) is 10.0. The van der Waals surface area contributed by atoms with Crippen LogP contribution in [0.25, 0.3) is 11.4 Å². The predicted molar refractivity (Wildman–Crippen MR) is 87.8 cm³/mol. The number of aromatic nitrogens is 2. The molecule has 0 amide bonds. The second-order valence-corrected chi connectivity index (χ2v) is 5.84. The number of hydrazine groups is 1. The van der Waals surface area contributed by atoms with E-state index in [0.717, 1.165) is 24.3 Å². The highest BCUT2D eigenvalue weighted by atomic mass is 15.3. The van der Waals surface area contributed by atoms with Gasteiger partial charge in [0.05, 0.1) is 0 Å². The Labute approximate surface area is 126 Å². The molecule has 5 nitrogen and oxygen atoms in total. The smallest absolute Gasteiger partial charge is 0.163 e. The van der Waals surface area contributed by atoms with Gasteiger partial charge in [0.25, 0.3) is 0 Å². The summed E-state index contributed by atoms with van der Waals surface area (Å²) in [5.74, 6) is 7.54. The number of nitrogen functional groups attached to an aromatic ring is 1. The third kappa shape index (κ3) is 4.16. The maximum Gasteiger partial charge on any atom is 0.163 e. The van der Waals surface area contributed by atoms with E-state index >= 15 is 0 Å². The average molecular weight is 285 g/mol. The fraction of sp³-hybridized carbons (Fsp3) is 0.375. The Morgan fingerprint density at radius 1 is 1.10 bits per heavy atom. The average Bonchev–Trinajstić information content (AvgIpc) is 2.53. The first kappa shape index (κ1) is 15.3. The van der Waals surface area contributed by atoms with E-state index < -0.39 is 0 Å². The molecule has 0 atom stereocenters. The molecule has 1 aromatic heterocycles. The summed E-state index contributed by atoms with van der Waals surface area (Å²) in [6.45, 7) is 7.48. The molecule has 112 valence electrons. The van der Waals surface area contributed by atoms with Gasteiger partial charge in [-0.3, -0.25) is 0 Å². The summed E-state index contributed by atoms with van der Waals surface area (Å²) in [7, 11) is 0. The molecule has 0 radical (unpaired) electrons. The number of rotatable bonds is 6. The van der Waals surface area contributed by atoms with E-state index in [1.807, 2.05) is 36.4 Å². The Morgan fingerprint density at radius 3 is 2.38 bits per heavy atom. The van der Waals surface area contributed by atoms with Crippen molar-refractivity contribution in [1.82, 2.24) is 9.97 Å². The van der Waals surface area contributed by atoms with Crippen LogP contribution in [0.1, 0.15) is 27.2 Å². The van der Waals surface area contributed by atoms with Crippen LogP contribution in [-0.2, 0) is 0 Å². The topological polar surface area (TPSA) is 75.9 Å². The molecular weight excluding hydrogens is 262 g/mol. The monoisotopic (exact) mass is 285 g/mol. The molecule has 0 saturated carbocycles. The van der Waals surface area contributed by atoms with Crippen LogP contribution in [0.4, 0.5) is 11.6 Å². The van der Waals surface area contributed by atoms with Gasteiger partial charge in [0.15, 0.2) is 5.82 Å². The van der Waals surface area contributed by atoms with Crippen molar-refractivity contribution >= 4 is 11.6 Å². The summed E-state index contributed by atoms with van der Waals surface area (Å²) in [4.78, 5) is 8.97. The van der Waals surface area contributed by atoms with Crippen LogP contribution in [0.5, 0.6) is 0 Å². The highest BCUT2D eigenvalue weighted by Gasteiger charge is 2.15. The lowest BCUT2D eigenvalue weighted by Gasteiger charge is -2.23. The number of nitrogens with two attached hydrogens (primary N) is 1. The summed E-state index contributed by atoms with van der Waals surface area (Å²) >= 11 is 0. The van der Waals surface area contributed by atoms with Crippen molar-refractivity contribution in [3.05, 3.63) is 36.4 Å². The zero-order chi connectivity index (χ0) is 15.3. The third-order valence-corrected chi connectivity index (χ3v) is 3.61. The van der Waals surface area contributed by atoms with Gasteiger partial charge in [0.2, 0.25) is 0 Å². The van der Waals surface area contributed by atoms with Crippen molar-refractivity contribution in [2.45, 2.75) is 27.2 Å². The SMILES string of the molecule is CCC(C)(C)CNc1cc(NN)nc(-c2ccccc2)n1. The largest absolute Gasteiger partial charge is 0.369 e. The molecule has 5 heteroatoms. The zero-order valence-electron chi connectivity index (χ0n) is 12.9. The van der Waals surface area contributed by atoms with Gasteiger partial charge in [-0.2, -0.15) is 0 Å². The Morgan fingerprint density at radius 2 is 1.76 bits per heavy atom. The third-order valence-electron chi connectivity index (χ3n) is 3.61. The minimum absolute atomic E-state index is 0.216. The summed E-state index contributed by atoms with van der Waals surface area (Å²) in [5.41, 5.74) is 3.78. The van der Waals surface area contributed by atoms with Crippen molar-refractivity contribution in [2.24, 2.45) is 11.3 Å². The number of hydrogen-bond donors (Lipinski definition) is 3. The fourth-order valence-electron chi connectivity index (χ4n) is 1.78. The number of nitrogens with zero attached hydrogens (tertiary/aromatic N) is 2. The maximum atomic E-state index is 5.51. The summed E-state index contributed by atoms with van der Waals surface area (Å²) in [5, 5.41) is 3.37. The van der Waals surface area contributed by atoms with Crippen LogP contribution >= 0.6 is 0 Å². The molecule has 0 unspecified atom stereocenters. The normalized spacial score (nSPS) is 11.2. The molecule has 0 fully saturated rings. The van der Waals surface area contributed by atoms with Gasteiger partial charge < -0.3 is 10.7 Å². The van der Waals surface area contributed by atoms with E-state index in [4.69, 9.17) is 5.84 Å². The van der Waals surface area contributed by atoms with Gasteiger partial charge in [-0.1, -0.05) is 51.1 Å². The molecule has 2 rings (SSSR count). The molecule has 0 saturated heterocycles. The Bertz CT molecular complexity index is 580. The quantitative estimate of drug-likeness (QED) is 0.561. The Hall–Kier alpha value is -2.14. The van der Waals surface area contributed by atoms with Crippen molar-refractivity contribution in [3.63, 3.8) is 0 Å². The van der Waals surface area contributed by atoms with Gasteiger partial charge in [-0.15, -0.1) is 0 Å². The van der Waals surface area contributed by atoms with Crippen LogP contribution in [0.3, 0.4) is 0 Å². The minimum atomic E-state index is 0.216. The van der Waals surface area contributed by atoms with Crippen molar-refractivity contribution in [3.8, 4) is 11.4 Å². The van der Waals surface area contributed by atoms with E-state index in [-0.39, 0.29) is 5.41 Å². The molecule has 1 aromatic carbocycles. The van der Waals surface area contributed by atoms with Gasteiger partial charge in [-0.05, 0) is 11.8 Å². The number of benzene rings is 1. The van der Waals surface area contributed by atoms with Crippen LogP contribution < -0.4 is 16.6 Å². The summed E-state index contributed by atoms with van der Waals surface area (Å²) in [6.07, 6.45) is 1.10. The highest BCUT2D eigenvalue weighted by Crippen LogP contribution is 2.23.